The minimum Gasteiger partial charge on any atom is -0.355 e. The Morgan fingerprint density at radius 2 is 2.24 bits per heavy atom. The third-order valence-electron chi connectivity index (χ3n) is 4.00. The number of nitrogens with two attached hydrogens (primary N) is 1. The van der Waals surface area contributed by atoms with Crippen LogP contribution in [0.3, 0.4) is 0 Å². The van der Waals surface area contributed by atoms with E-state index in [4.69, 9.17) is 17.3 Å². The summed E-state index contributed by atoms with van der Waals surface area (Å²) >= 11 is 9.61. The fraction of sp³-hybridized carbons (Fsp3) is 0.583. The summed E-state index contributed by atoms with van der Waals surface area (Å²) < 4.78 is 0.919. The Kier molecular flexibility index (Phi) is 3.05. The maximum atomic E-state index is 6.24. The van der Waals surface area contributed by atoms with Crippen LogP contribution in [0, 0.1) is 11.8 Å². The van der Waals surface area contributed by atoms with Crippen molar-refractivity contribution < 1.29 is 0 Å². The third kappa shape index (κ3) is 2.07. The third-order valence-corrected chi connectivity index (χ3v) is 4.71. The molecule has 1 aromatic heterocycles. The molecule has 1 aliphatic carbocycles. The molecule has 2 N–H and O–H groups in total. The van der Waals surface area contributed by atoms with Crippen LogP contribution in [0.15, 0.2) is 16.7 Å². The minimum absolute atomic E-state index is 0.360. The molecule has 3 unspecified atom stereocenters. The highest BCUT2D eigenvalue weighted by Gasteiger charge is 2.41. The van der Waals surface area contributed by atoms with Crippen molar-refractivity contribution in [3.63, 3.8) is 0 Å². The fourth-order valence-corrected chi connectivity index (χ4v) is 3.87. The average molecular weight is 317 g/mol. The van der Waals surface area contributed by atoms with E-state index in [1.54, 1.807) is 6.20 Å². The number of pyridine rings is 1. The standard InChI is InChI=1S/C12H15BrClN3/c13-8-3-10(14)12(16-4-8)17-5-7-1-2-11(15)9(7)6-17/h3-4,7,9,11H,1-2,5-6,15H2. The first kappa shape index (κ1) is 11.8. The molecule has 17 heavy (non-hydrogen) atoms. The van der Waals surface area contributed by atoms with Gasteiger partial charge in [-0.3, -0.25) is 0 Å². The van der Waals surface area contributed by atoms with E-state index in [-0.39, 0.29) is 0 Å². The molecule has 0 aromatic carbocycles. The molecule has 1 saturated heterocycles. The van der Waals surface area contributed by atoms with Crippen LogP contribution < -0.4 is 10.6 Å². The van der Waals surface area contributed by atoms with Crippen molar-refractivity contribution in [2.45, 2.75) is 18.9 Å². The molecule has 1 aliphatic heterocycles. The molecule has 3 rings (SSSR count). The summed E-state index contributed by atoms with van der Waals surface area (Å²) in [5.41, 5.74) is 6.13. The zero-order valence-corrected chi connectivity index (χ0v) is 11.8. The molecule has 3 nitrogen and oxygen atoms in total. The minimum atomic E-state index is 0.360. The number of rotatable bonds is 1. The van der Waals surface area contributed by atoms with Gasteiger partial charge in [0.25, 0.3) is 0 Å². The predicted octanol–water partition coefficient (Wildman–Crippen LogP) is 2.67. The first-order valence-electron chi connectivity index (χ1n) is 5.96. The molecule has 0 radical (unpaired) electrons. The van der Waals surface area contributed by atoms with Gasteiger partial charge < -0.3 is 10.6 Å². The van der Waals surface area contributed by atoms with Gasteiger partial charge in [-0.05, 0) is 46.7 Å². The lowest BCUT2D eigenvalue weighted by Crippen LogP contribution is -2.30. The molecule has 0 amide bonds. The lowest BCUT2D eigenvalue weighted by atomic mass is 9.98. The molecule has 0 spiro atoms. The van der Waals surface area contributed by atoms with Gasteiger partial charge in [-0.25, -0.2) is 4.98 Å². The first-order chi connectivity index (χ1) is 8.15. The fourth-order valence-electron chi connectivity index (χ4n) is 3.12. The Morgan fingerprint density at radius 3 is 2.94 bits per heavy atom. The molecular weight excluding hydrogens is 302 g/mol. The normalized spacial score (nSPS) is 31.9. The largest absolute Gasteiger partial charge is 0.355 e. The van der Waals surface area contributed by atoms with E-state index in [9.17, 15) is 0 Å². The van der Waals surface area contributed by atoms with Crippen molar-refractivity contribution in [1.29, 1.82) is 0 Å². The molecule has 5 heteroatoms. The highest BCUT2D eigenvalue weighted by molar-refractivity contribution is 9.10. The Balaban J connectivity index is 1.83. The maximum absolute atomic E-state index is 6.24. The summed E-state index contributed by atoms with van der Waals surface area (Å²) in [6, 6.07) is 2.26. The van der Waals surface area contributed by atoms with E-state index in [0.717, 1.165) is 29.3 Å². The van der Waals surface area contributed by atoms with Crippen molar-refractivity contribution in [2.75, 3.05) is 18.0 Å². The van der Waals surface area contributed by atoms with Gasteiger partial charge in [-0.15, -0.1) is 0 Å². The molecule has 2 fully saturated rings. The van der Waals surface area contributed by atoms with E-state index >= 15 is 0 Å². The second kappa shape index (κ2) is 4.41. The van der Waals surface area contributed by atoms with Crippen LogP contribution >= 0.6 is 27.5 Å². The number of anilines is 1. The van der Waals surface area contributed by atoms with Gasteiger partial charge in [-0.1, -0.05) is 11.6 Å². The van der Waals surface area contributed by atoms with Gasteiger partial charge in [-0.2, -0.15) is 0 Å². The van der Waals surface area contributed by atoms with Gasteiger partial charge >= 0.3 is 0 Å². The summed E-state index contributed by atoms with van der Waals surface area (Å²) in [5, 5.41) is 0.716. The lowest BCUT2D eigenvalue weighted by molar-refractivity contribution is 0.453. The Labute approximate surface area is 114 Å². The van der Waals surface area contributed by atoms with E-state index in [1.807, 2.05) is 6.07 Å². The van der Waals surface area contributed by atoms with E-state index in [0.29, 0.717) is 17.0 Å². The Morgan fingerprint density at radius 1 is 1.41 bits per heavy atom. The SMILES string of the molecule is NC1CCC2CN(c3ncc(Br)cc3Cl)CC12. The van der Waals surface area contributed by atoms with Crippen LogP contribution in [0.25, 0.3) is 0 Å². The molecular formula is C12H15BrClN3. The highest BCUT2D eigenvalue weighted by Crippen LogP contribution is 2.40. The zero-order valence-electron chi connectivity index (χ0n) is 9.44. The predicted molar refractivity (Wildman–Crippen MR) is 73.3 cm³/mol. The molecule has 2 heterocycles. The Bertz CT molecular complexity index is 440. The van der Waals surface area contributed by atoms with Crippen LogP contribution in [0.1, 0.15) is 12.8 Å². The van der Waals surface area contributed by atoms with Gasteiger partial charge in [0.2, 0.25) is 0 Å². The average Bonchev–Trinajstić information content (AvgIpc) is 2.81. The van der Waals surface area contributed by atoms with Crippen LogP contribution in [-0.2, 0) is 0 Å². The van der Waals surface area contributed by atoms with Crippen molar-refractivity contribution in [2.24, 2.45) is 17.6 Å². The summed E-state index contributed by atoms with van der Waals surface area (Å²) in [5.74, 6) is 2.25. The second-order valence-corrected chi connectivity index (χ2v) is 6.35. The number of fused-ring (bicyclic) bond motifs is 1. The highest BCUT2D eigenvalue weighted by atomic mass is 79.9. The first-order valence-corrected chi connectivity index (χ1v) is 7.14. The zero-order chi connectivity index (χ0) is 12.0. The number of aromatic nitrogens is 1. The van der Waals surface area contributed by atoms with Gasteiger partial charge in [0.15, 0.2) is 0 Å². The number of hydrogen-bond acceptors (Lipinski definition) is 3. The number of halogens is 2. The molecule has 2 aliphatic rings. The van der Waals surface area contributed by atoms with Crippen LogP contribution in [0.2, 0.25) is 5.02 Å². The monoisotopic (exact) mass is 315 g/mol. The van der Waals surface area contributed by atoms with Gasteiger partial charge in [0.05, 0.1) is 5.02 Å². The smallest absolute Gasteiger partial charge is 0.147 e. The number of hydrogen-bond donors (Lipinski definition) is 1. The Hall–Kier alpha value is -0.320. The lowest BCUT2D eigenvalue weighted by Gasteiger charge is -2.20. The van der Waals surface area contributed by atoms with Crippen molar-refractivity contribution in [1.82, 2.24) is 4.98 Å². The van der Waals surface area contributed by atoms with E-state index < -0.39 is 0 Å². The van der Waals surface area contributed by atoms with Crippen molar-refractivity contribution in [3.8, 4) is 0 Å². The van der Waals surface area contributed by atoms with E-state index in [1.165, 1.54) is 12.8 Å². The van der Waals surface area contributed by atoms with Crippen LogP contribution in [0.5, 0.6) is 0 Å². The van der Waals surface area contributed by atoms with Crippen LogP contribution in [-0.4, -0.2) is 24.1 Å². The van der Waals surface area contributed by atoms with Crippen molar-refractivity contribution in [3.05, 3.63) is 21.8 Å². The van der Waals surface area contributed by atoms with E-state index in [2.05, 4.69) is 25.8 Å². The topological polar surface area (TPSA) is 42.1 Å². The summed E-state index contributed by atoms with van der Waals surface area (Å²) in [4.78, 5) is 6.70. The number of nitrogens with zero attached hydrogens (tertiary/aromatic N) is 2. The quantitative estimate of drug-likeness (QED) is 0.866. The molecule has 3 atom stereocenters. The van der Waals surface area contributed by atoms with Crippen molar-refractivity contribution >= 4 is 33.3 Å². The summed E-state index contributed by atoms with van der Waals surface area (Å²) in [6.07, 6.45) is 4.22. The van der Waals surface area contributed by atoms with Gasteiger partial charge in [0.1, 0.15) is 5.82 Å². The molecule has 1 aromatic rings. The van der Waals surface area contributed by atoms with Gasteiger partial charge in [0, 0.05) is 29.8 Å². The molecule has 92 valence electrons. The summed E-state index contributed by atoms with van der Waals surface area (Å²) in [7, 11) is 0. The summed E-state index contributed by atoms with van der Waals surface area (Å²) in [6.45, 7) is 2.05. The van der Waals surface area contributed by atoms with Crippen LogP contribution in [0.4, 0.5) is 5.82 Å². The molecule has 1 saturated carbocycles. The molecule has 0 bridgehead atoms. The second-order valence-electron chi connectivity index (χ2n) is 5.03. The maximum Gasteiger partial charge on any atom is 0.147 e.